The number of hydrogen-bond donors (Lipinski definition) is 0. The minimum Gasteiger partial charge on any atom is -0.377 e. The van der Waals surface area contributed by atoms with E-state index in [9.17, 15) is 0 Å². The zero-order chi connectivity index (χ0) is 15.3. The molecule has 1 aliphatic rings. The maximum absolute atomic E-state index is 5.60. The summed E-state index contributed by atoms with van der Waals surface area (Å²) in [4.78, 5) is 2.42. The summed E-state index contributed by atoms with van der Waals surface area (Å²) in [5.74, 6) is 6.29. The minimum atomic E-state index is 0.534. The zero-order valence-electron chi connectivity index (χ0n) is 13.4. The van der Waals surface area contributed by atoms with Crippen molar-refractivity contribution >= 4 is 0 Å². The molecule has 0 saturated carbocycles. The van der Waals surface area contributed by atoms with Gasteiger partial charge >= 0.3 is 0 Å². The molecule has 1 aromatic rings. The van der Waals surface area contributed by atoms with Crippen LogP contribution in [0.2, 0.25) is 0 Å². The second kappa shape index (κ2) is 11.3. The average Bonchev–Trinajstić information content (AvgIpc) is 2.58. The summed E-state index contributed by atoms with van der Waals surface area (Å²) in [6.07, 6.45) is 4.93. The van der Waals surface area contributed by atoms with Gasteiger partial charge in [-0.3, -0.25) is 4.90 Å². The highest BCUT2D eigenvalue weighted by Crippen LogP contribution is 2.07. The van der Waals surface area contributed by atoms with Crippen LogP contribution in [-0.4, -0.2) is 44.4 Å². The van der Waals surface area contributed by atoms with Crippen molar-refractivity contribution in [3.05, 3.63) is 35.9 Å². The third-order valence-electron chi connectivity index (χ3n) is 3.74. The van der Waals surface area contributed by atoms with Gasteiger partial charge in [-0.15, -0.1) is 0 Å². The van der Waals surface area contributed by atoms with E-state index in [-0.39, 0.29) is 0 Å². The molecule has 0 spiro atoms. The predicted molar refractivity (Wildman–Crippen MR) is 89.6 cm³/mol. The van der Waals surface area contributed by atoms with Crippen LogP contribution >= 0.6 is 0 Å². The van der Waals surface area contributed by atoms with Crippen molar-refractivity contribution in [1.82, 2.24) is 4.90 Å². The predicted octanol–water partition coefficient (Wildman–Crippen LogP) is 3.10. The molecule has 0 N–H and O–H groups in total. The molecular weight excluding hydrogens is 274 g/mol. The maximum atomic E-state index is 5.60. The molecule has 1 aromatic carbocycles. The Labute approximate surface area is 134 Å². The van der Waals surface area contributed by atoms with Crippen molar-refractivity contribution in [3.8, 4) is 11.8 Å². The summed E-state index contributed by atoms with van der Waals surface area (Å²) in [5.41, 5.74) is 1.21. The summed E-state index contributed by atoms with van der Waals surface area (Å²) in [6, 6.07) is 10.2. The standard InChI is InChI=1S/C19H27NO2/c1-3-10-19(11-4-1)18-22-17-9-16-21-15-8-7-14-20-12-5-2-6-13-20/h1,3-4,10-11H,2,5-6,9,12-18H2. The fourth-order valence-corrected chi connectivity index (χ4v) is 2.49. The molecule has 120 valence electrons. The quantitative estimate of drug-likeness (QED) is 0.544. The molecule has 22 heavy (non-hydrogen) atoms. The molecule has 0 aromatic heterocycles. The maximum Gasteiger partial charge on any atom is 0.107 e. The Kier molecular flexibility index (Phi) is 8.71. The van der Waals surface area contributed by atoms with Crippen molar-refractivity contribution in [2.75, 3.05) is 39.5 Å². The summed E-state index contributed by atoms with van der Waals surface area (Å²) in [6.45, 7) is 5.96. The minimum absolute atomic E-state index is 0.534. The van der Waals surface area contributed by atoms with Crippen LogP contribution in [0.15, 0.2) is 30.3 Å². The van der Waals surface area contributed by atoms with E-state index in [0.717, 1.165) is 19.6 Å². The van der Waals surface area contributed by atoms with Gasteiger partial charge in [0.1, 0.15) is 6.61 Å². The Bertz CT molecular complexity index is 443. The van der Waals surface area contributed by atoms with E-state index in [2.05, 4.69) is 28.9 Å². The number of benzene rings is 1. The zero-order valence-corrected chi connectivity index (χ0v) is 13.4. The molecule has 0 radical (unpaired) electrons. The van der Waals surface area contributed by atoms with Crippen molar-refractivity contribution in [2.24, 2.45) is 0 Å². The van der Waals surface area contributed by atoms with Gasteiger partial charge in [0.15, 0.2) is 0 Å². The van der Waals surface area contributed by atoms with Crippen molar-refractivity contribution in [1.29, 1.82) is 0 Å². The van der Waals surface area contributed by atoms with Gasteiger partial charge in [-0.05, 0) is 37.9 Å². The number of piperidine rings is 1. The van der Waals surface area contributed by atoms with E-state index in [1.165, 1.54) is 37.9 Å². The molecule has 3 heteroatoms. The highest BCUT2D eigenvalue weighted by molar-refractivity contribution is 5.13. The Hall–Kier alpha value is -1.34. The summed E-state index contributed by atoms with van der Waals surface area (Å²) < 4.78 is 11.1. The van der Waals surface area contributed by atoms with Gasteiger partial charge in [0.25, 0.3) is 0 Å². The van der Waals surface area contributed by atoms with Crippen LogP contribution in [0.5, 0.6) is 0 Å². The van der Waals surface area contributed by atoms with Crippen LogP contribution in [0.4, 0.5) is 0 Å². The summed E-state index contributed by atoms with van der Waals surface area (Å²) in [5, 5.41) is 0. The van der Waals surface area contributed by atoms with Crippen molar-refractivity contribution in [3.63, 3.8) is 0 Å². The van der Waals surface area contributed by atoms with E-state index < -0.39 is 0 Å². The van der Waals surface area contributed by atoms with E-state index in [1.54, 1.807) is 0 Å². The third kappa shape index (κ3) is 7.61. The number of ether oxygens (including phenoxy) is 2. The first-order chi connectivity index (χ1) is 10.9. The summed E-state index contributed by atoms with van der Waals surface area (Å²) >= 11 is 0. The molecule has 3 nitrogen and oxygen atoms in total. The topological polar surface area (TPSA) is 21.7 Å². The molecular formula is C19H27NO2. The Morgan fingerprint density at radius 3 is 2.50 bits per heavy atom. The SMILES string of the molecule is C(#CCN1CCCCC1)COCCCOCc1ccccc1. The largest absolute Gasteiger partial charge is 0.377 e. The van der Waals surface area contributed by atoms with Gasteiger partial charge in [-0.2, -0.15) is 0 Å². The lowest BCUT2D eigenvalue weighted by molar-refractivity contribution is 0.0858. The highest BCUT2D eigenvalue weighted by Gasteiger charge is 2.07. The Balaban J connectivity index is 1.40. The Morgan fingerprint density at radius 1 is 0.909 bits per heavy atom. The number of nitrogens with zero attached hydrogens (tertiary/aromatic N) is 1. The number of hydrogen-bond acceptors (Lipinski definition) is 3. The second-order valence-electron chi connectivity index (χ2n) is 5.63. The number of rotatable bonds is 8. The van der Waals surface area contributed by atoms with E-state index in [0.29, 0.717) is 19.8 Å². The van der Waals surface area contributed by atoms with Crippen LogP contribution in [0.25, 0.3) is 0 Å². The normalized spacial score (nSPS) is 15.3. The summed E-state index contributed by atoms with van der Waals surface area (Å²) in [7, 11) is 0. The lowest BCUT2D eigenvalue weighted by Gasteiger charge is -2.23. The highest BCUT2D eigenvalue weighted by atomic mass is 16.5. The van der Waals surface area contributed by atoms with E-state index in [1.807, 2.05) is 18.2 Å². The fraction of sp³-hybridized carbons (Fsp3) is 0.579. The van der Waals surface area contributed by atoms with Crippen LogP contribution < -0.4 is 0 Å². The lowest BCUT2D eigenvalue weighted by Crippen LogP contribution is -2.29. The molecule has 0 unspecified atom stereocenters. The van der Waals surface area contributed by atoms with Crippen molar-refractivity contribution in [2.45, 2.75) is 32.3 Å². The van der Waals surface area contributed by atoms with Crippen molar-refractivity contribution < 1.29 is 9.47 Å². The van der Waals surface area contributed by atoms with Gasteiger partial charge in [0, 0.05) is 6.61 Å². The molecule has 0 atom stereocenters. The fourth-order valence-electron chi connectivity index (χ4n) is 2.49. The first kappa shape index (κ1) is 17.0. The first-order valence-corrected chi connectivity index (χ1v) is 8.32. The van der Waals surface area contributed by atoms with Gasteiger partial charge in [0.2, 0.25) is 0 Å². The Morgan fingerprint density at radius 2 is 1.68 bits per heavy atom. The second-order valence-corrected chi connectivity index (χ2v) is 5.63. The van der Waals surface area contributed by atoms with Gasteiger partial charge in [-0.1, -0.05) is 48.6 Å². The van der Waals surface area contributed by atoms with Crippen LogP contribution in [0, 0.1) is 11.8 Å². The molecule has 0 aliphatic carbocycles. The van der Waals surface area contributed by atoms with Crippen LogP contribution in [0.1, 0.15) is 31.2 Å². The molecule has 1 fully saturated rings. The molecule has 0 amide bonds. The van der Waals surface area contributed by atoms with Gasteiger partial charge < -0.3 is 9.47 Å². The first-order valence-electron chi connectivity index (χ1n) is 8.32. The van der Waals surface area contributed by atoms with E-state index in [4.69, 9.17) is 9.47 Å². The smallest absolute Gasteiger partial charge is 0.107 e. The molecule has 1 aliphatic heterocycles. The number of likely N-dealkylation sites (tertiary alicyclic amines) is 1. The van der Waals surface area contributed by atoms with Crippen LogP contribution in [-0.2, 0) is 16.1 Å². The molecule has 2 rings (SSSR count). The molecule has 0 bridgehead atoms. The van der Waals surface area contributed by atoms with Gasteiger partial charge in [-0.25, -0.2) is 0 Å². The average molecular weight is 301 g/mol. The van der Waals surface area contributed by atoms with Crippen LogP contribution in [0.3, 0.4) is 0 Å². The third-order valence-corrected chi connectivity index (χ3v) is 3.74. The molecule has 1 saturated heterocycles. The monoisotopic (exact) mass is 301 g/mol. The lowest BCUT2D eigenvalue weighted by atomic mass is 10.1. The molecule has 1 heterocycles. The van der Waals surface area contributed by atoms with Gasteiger partial charge in [0.05, 0.1) is 19.8 Å². The van der Waals surface area contributed by atoms with E-state index >= 15 is 0 Å².